The van der Waals surface area contributed by atoms with E-state index in [0.717, 1.165) is 20.1 Å². The molecule has 0 saturated heterocycles. The molecule has 0 aliphatic heterocycles. The van der Waals surface area contributed by atoms with Gasteiger partial charge in [-0.25, -0.2) is 4.98 Å². The molecule has 3 aromatic rings. The number of halogens is 1. The molecule has 1 heterocycles. The molecule has 2 aromatic carbocycles. The molecule has 0 fully saturated rings. The van der Waals surface area contributed by atoms with Gasteiger partial charge in [-0.2, -0.15) is 0 Å². The van der Waals surface area contributed by atoms with E-state index in [0.29, 0.717) is 10.7 Å². The molecule has 20 heavy (non-hydrogen) atoms. The number of benzene rings is 2. The Morgan fingerprint density at radius 3 is 2.70 bits per heavy atom. The Morgan fingerprint density at radius 2 is 1.95 bits per heavy atom. The summed E-state index contributed by atoms with van der Waals surface area (Å²) in [6, 6.07) is 11.6. The van der Waals surface area contributed by atoms with Crippen molar-refractivity contribution in [2.45, 2.75) is 6.92 Å². The molecule has 0 atom stereocenters. The van der Waals surface area contributed by atoms with Crippen molar-refractivity contribution in [3.63, 3.8) is 0 Å². The Morgan fingerprint density at radius 1 is 1.20 bits per heavy atom. The zero-order chi connectivity index (χ0) is 14.1. The molecule has 0 saturated carbocycles. The predicted molar refractivity (Wildman–Crippen MR) is 86.5 cm³/mol. The summed E-state index contributed by atoms with van der Waals surface area (Å²) >= 11 is 4.91. The van der Waals surface area contributed by atoms with Crippen molar-refractivity contribution in [2.75, 3.05) is 5.32 Å². The molecule has 0 unspecified atom stereocenters. The lowest BCUT2D eigenvalue weighted by atomic mass is 10.1. The number of carbonyl (C=O) groups excluding carboxylic acids is 1. The number of thiazole rings is 1. The molecular weight excluding hydrogens is 336 g/mol. The lowest BCUT2D eigenvalue weighted by Crippen LogP contribution is -2.11. The number of fused-ring (bicyclic) bond motifs is 1. The van der Waals surface area contributed by atoms with E-state index < -0.39 is 0 Å². The minimum Gasteiger partial charge on any atom is -0.298 e. The molecule has 1 amide bonds. The van der Waals surface area contributed by atoms with Crippen LogP contribution in [0.2, 0.25) is 0 Å². The van der Waals surface area contributed by atoms with Gasteiger partial charge < -0.3 is 0 Å². The van der Waals surface area contributed by atoms with Crippen molar-refractivity contribution in [2.24, 2.45) is 0 Å². The molecule has 3 rings (SSSR count). The highest BCUT2D eigenvalue weighted by Gasteiger charge is 2.09. The maximum atomic E-state index is 12.2. The molecule has 100 valence electrons. The number of nitrogens with one attached hydrogen (secondary N) is 1. The number of hydrogen-bond donors (Lipinski definition) is 1. The van der Waals surface area contributed by atoms with Gasteiger partial charge in [0.25, 0.3) is 5.91 Å². The van der Waals surface area contributed by atoms with Gasteiger partial charge in [-0.1, -0.05) is 28.1 Å². The van der Waals surface area contributed by atoms with Crippen LogP contribution >= 0.6 is 27.3 Å². The first-order valence-corrected chi connectivity index (χ1v) is 7.66. The first-order chi connectivity index (χ1) is 9.61. The molecule has 0 bridgehead atoms. The maximum Gasteiger partial charge on any atom is 0.257 e. The number of aryl methyl sites for hydroxylation is 1. The van der Waals surface area contributed by atoms with E-state index in [2.05, 4.69) is 26.2 Å². The molecule has 0 radical (unpaired) electrons. The molecule has 0 aliphatic carbocycles. The third-order valence-corrected chi connectivity index (χ3v) is 4.23. The Hall–Kier alpha value is -1.72. The number of anilines is 1. The van der Waals surface area contributed by atoms with E-state index in [-0.39, 0.29) is 5.91 Å². The fourth-order valence-corrected chi connectivity index (χ4v) is 2.98. The lowest BCUT2D eigenvalue weighted by molar-refractivity contribution is 0.102. The minimum absolute atomic E-state index is 0.135. The molecule has 1 N–H and O–H groups in total. The fraction of sp³-hybridized carbons (Fsp3) is 0.0667. The summed E-state index contributed by atoms with van der Waals surface area (Å²) in [7, 11) is 0. The highest BCUT2D eigenvalue weighted by molar-refractivity contribution is 9.10. The van der Waals surface area contributed by atoms with Gasteiger partial charge in [0.15, 0.2) is 5.13 Å². The van der Waals surface area contributed by atoms with Gasteiger partial charge >= 0.3 is 0 Å². The Kier molecular flexibility index (Phi) is 3.54. The summed E-state index contributed by atoms with van der Waals surface area (Å²) in [6.07, 6.45) is 1.75. The summed E-state index contributed by atoms with van der Waals surface area (Å²) in [4.78, 5) is 17.4. The van der Waals surface area contributed by atoms with Crippen molar-refractivity contribution in [3.05, 3.63) is 57.5 Å². The van der Waals surface area contributed by atoms with E-state index in [1.165, 1.54) is 11.3 Å². The average molecular weight is 347 g/mol. The standard InChI is InChI=1S/C15H11BrN2OS/c1-9-8-17-15(20-9)18-14(19)12-3-2-11-7-13(16)5-4-10(11)6-12/h2-8H,1H3,(H,17,18,19). The normalized spacial score (nSPS) is 10.7. The molecule has 0 aliphatic rings. The van der Waals surface area contributed by atoms with Crippen LogP contribution in [-0.2, 0) is 0 Å². The van der Waals surface area contributed by atoms with Crippen molar-refractivity contribution >= 4 is 49.1 Å². The van der Waals surface area contributed by atoms with Gasteiger partial charge in [-0.3, -0.25) is 10.1 Å². The summed E-state index contributed by atoms with van der Waals surface area (Å²) in [5, 5.41) is 5.58. The van der Waals surface area contributed by atoms with E-state index in [1.54, 1.807) is 6.20 Å². The molecule has 1 aromatic heterocycles. The van der Waals surface area contributed by atoms with Crippen LogP contribution in [0, 0.1) is 6.92 Å². The van der Waals surface area contributed by atoms with Crippen LogP contribution in [-0.4, -0.2) is 10.9 Å². The average Bonchev–Trinajstić information content (AvgIpc) is 2.83. The van der Waals surface area contributed by atoms with Gasteiger partial charge in [-0.15, -0.1) is 11.3 Å². The number of aromatic nitrogens is 1. The quantitative estimate of drug-likeness (QED) is 0.735. The Labute approximate surface area is 128 Å². The van der Waals surface area contributed by atoms with E-state index in [1.807, 2.05) is 43.3 Å². The summed E-state index contributed by atoms with van der Waals surface area (Å²) in [5.74, 6) is -0.135. The van der Waals surface area contributed by atoms with Gasteiger partial charge in [0, 0.05) is 21.1 Å². The second-order valence-electron chi connectivity index (χ2n) is 4.44. The van der Waals surface area contributed by atoms with Gasteiger partial charge in [0.05, 0.1) is 0 Å². The number of nitrogens with zero attached hydrogens (tertiary/aromatic N) is 1. The number of rotatable bonds is 2. The highest BCUT2D eigenvalue weighted by atomic mass is 79.9. The third kappa shape index (κ3) is 2.73. The van der Waals surface area contributed by atoms with Crippen molar-refractivity contribution in [3.8, 4) is 0 Å². The van der Waals surface area contributed by atoms with Gasteiger partial charge in [0.1, 0.15) is 0 Å². The summed E-state index contributed by atoms with van der Waals surface area (Å²) in [6.45, 7) is 1.96. The van der Waals surface area contributed by atoms with Gasteiger partial charge in [0.2, 0.25) is 0 Å². The summed E-state index contributed by atoms with van der Waals surface area (Å²) < 4.78 is 1.03. The van der Waals surface area contributed by atoms with E-state index in [9.17, 15) is 4.79 Å². The topological polar surface area (TPSA) is 42.0 Å². The minimum atomic E-state index is -0.135. The summed E-state index contributed by atoms with van der Waals surface area (Å²) in [5.41, 5.74) is 0.632. The van der Waals surface area contributed by atoms with Crippen molar-refractivity contribution in [1.29, 1.82) is 0 Å². The highest BCUT2D eigenvalue weighted by Crippen LogP contribution is 2.22. The third-order valence-electron chi connectivity index (χ3n) is 2.91. The smallest absolute Gasteiger partial charge is 0.257 e. The Bertz CT molecular complexity index is 797. The van der Waals surface area contributed by atoms with Crippen LogP contribution in [0.1, 0.15) is 15.2 Å². The molecule has 5 heteroatoms. The zero-order valence-corrected chi connectivity index (χ0v) is 13.1. The Balaban J connectivity index is 1.89. The first-order valence-electron chi connectivity index (χ1n) is 6.05. The first kappa shape index (κ1) is 13.3. The largest absolute Gasteiger partial charge is 0.298 e. The number of hydrogen-bond acceptors (Lipinski definition) is 3. The predicted octanol–water partition coefficient (Wildman–Crippen LogP) is 4.62. The fourth-order valence-electron chi connectivity index (χ4n) is 1.94. The zero-order valence-electron chi connectivity index (χ0n) is 10.7. The number of carbonyl (C=O) groups is 1. The SMILES string of the molecule is Cc1cnc(NC(=O)c2ccc3cc(Br)ccc3c2)s1. The molecular formula is C15H11BrN2OS. The van der Waals surface area contributed by atoms with Crippen molar-refractivity contribution in [1.82, 2.24) is 4.98 Å². The van der Waals surface area contributed by atoms with Crippen LogP contribution in [0.5, 0.6) is 0 Å². The van der Waals surface area contributed by atoms with Crippen LogP contribution in [0.25, 0.3) is 10.8 Å². The van der Waals surface area contributed by atoms with Crippen LogP contribution in [0.15, 0.2) is 47.1 Å². The second-order valence-corrected chi connectivity index (χ2v) is 6.59. The van der Waals surface area contributed by atoms with Crippen LogP contribution in [0.3, 0.4) is 0 Å². The number of amides is 1. The molecule has 0 spiro atoms. The van der Waals surface area contributed by atoms with E-state index in [4.69, 9.17) is 0 Å². The maximum absolute atomic E-state index is 12.2. The van der Waals surface area contributed by atoms with Crippen LogP contribution in [0.4, 0.5) is 5.13 Å². The lowest BCUT2D eigenvalue weighted by Gasteiger charge is -2.04. The second kappa shape index (κ2) is 5.34. The van der Waals surface area contributed by atoms with Crippen molar-refractivity contribution < 1.29 is 4.79 Å². The van der Waals surface area contributed by atoms with Crippen LogP contribution < -0.4 is 5.32 Å². The van der Waals surface area contributed by atoms with Gasteiger partial charge in [-0.05, 0) is 42.0 Å². The van der Waals surface area contributed by atoms with E-state index >= 15 is 0 Å². The monoisotopic (exact) mass is 346 g/mol. The molecule has 3 nitrogen and oxygen atoms in total.